The quantitative estimate of drug-likeness (QED) is 0.589. The first-order chi connectivity index (χ1) is 5.22. The van der Waals surface area contributed by atoms with E-state index in [1.165, 1.54) is 0 Å². The van der Waals surface area contributed by atoms with Gasteiger partial charge in [0.15, 0.2) is 0 Å². The second-order valence-corrected chi connectivity index (χ2v) is 1.88. The molecule has 11 heavy (non-hydrogen) atoms. The van der Waals surface area contributed by atoms with Crippen LogP contribution in [0.2, 0.25) is 0 Å². The number of nitrogens with one attached hydrogen (secondary N) is 1. The molecule has 0 radical (unpaired) electrons. The van der Waals surface area contributed by atoms with E-state index in [1.54, 1.807) is 6.92 Å². The average Bonchev–Trinajstić information content (AvgIpc) is 2.35. The Hall–Kier alpha value is -1.43. The molecule has 0 atom stereocenters. The zero-order valence-corrected chi connectivity index (χ0v) is 6.00. The molecule has 1 heterocycles. The molecule has 0 aliphatic rings. The van der Waals surface area contributed by atoms with E-state index in [0.29, 0.717) is 5.89 Å². The molecule has 6 nitrogen and oxygen atoms in total. The SMILES string of the molecule is Cc1nnc(NC(=O)CN)o1. The van der Waals surface area contributed by atoms with Gasteiger partial charge in [0, 0.05) is 6.92 Å². The van der Waals surface area contributed by atoms with Crippen molar-refractivity contribution in [1.82, 2.24) is 10.2 Å². The number of aryl methyl sites for hydroxylation is 1. The van der Waals surface area contributed by atoms with Gasteiger partial charge in [0.05, 0.1) is 6.54 Å². The van der Waals surface area contributed by atoms with Crippen LogP contribution in [0, 0.1) is 6.92 Å². The van der Waals surface area contributed by atoms with Gasteiger partial charge in [0.2, 0.25) is 11.8 Å². The molecule has 1 aromatic heterocycles. The van der Waals surface area contributed by atoms with E-state index in [-0.39, 0.29) is 18.5 Å². The third-order valence-electron chi connectivity index (χ3n) is 0.958. The Morgan fingerprint density at radius 1 is 1.73 bits per heavy atom. The van der Waals surface area contributed by atoms with Crippen molar-refractivity contribution in [3.63, 3.8) is 0 Å². The van der Waals surface area contributed by atoms with Crippen molar-refractivity contribution in [2.45, 2.75) is 6.92 Å². The molecule has 1 rings (SSSR count). The largest absolute Gasteiger partial charge is 0.408 e. The highest BCUT2D eigenvalue weighted by atomic mass is 16.4. The predicted molar refractivity (Wildman–Crippen MR) is 36.7 cm³/mol. The summed E-state index contributed by atoms with van der Waals surface area (Å²) < 4.78 is 4.85. The Bertz CT molecular complexity index is 257. The summed E-state index contributed by atoms with van der Waals surface area (Å²) in [6.45, 7) is 1.53. The van der Waals surface area contributed by atoms with E-state index >= 15 is 0 Å². The maximum absolute atomic E-state index is 10.6. The number of hydrogen-bond acceptors (Lipinski definition) is 5. The molecule has 0 aliphatic carbocycles. The van der Waals surface area contributed by atoms with Gasteiger partial charge in [-0.25, -0.2) is 0 Å². The lowest BCUT2D eigenvalue weighted by Crippen LogP contribution is -2.21. The van der Waals surface area contributed by atoms with E-state index in [2.05, 4.69) is 15.5 Å². The third kappa shape index (κ3) is 2.01. The van der Waals surface area contributed by atoms with Gasteiger partial charge in [0.25, 0.3) is 0 Å². The number of amides is 1. The lowest BCUT2D eigenvalue weighted by Gasteiger charge is -1.93. The van der Waals surface area contributed by atoms with Gasteiger partial charge >= 0.3 is 6.01 Å². The number of rotatable bonds is 2. The molecule has 0 saturated heterocycles. The highest BCUT2D eigenvalue weighted by molar-refractivity contribution is 5.89. The van der Waals surface area contributed by atoms with Crippen LogP contribution in [0.15, 0.2) is 4.42 Å². The number of nitrogens with zero attached hydrogens (tertiary/aromatic N) is 2. The lowest BCUT2D eigenvalue weighted by molar-refractivity contribution is -0.115. The van der Waals surface area contributed by atoms with Crippen molar-refractivity contribution in [2.24, 2.45) is 5.73 Å². The third-order valence-corrected chi connectivity index (χ3v) is 0.958. The molecule has 0 unspecified atom stereocenters. The van der Waals surface area contributed by atoms with Crippen molar-refractivity contribution in [2.75, 3.05) is 11.9 Å². The molecule has 6 heteroatoms. The number of carbonyl (C=O) groups excluding carboxylic acids is 1. The Kier molecular flexibility index (Phi) is 2.17. The maximum Gasteiger partial charge on any atom is 0.322 e. The zero-order chi connectivity index (χ0) is 8.27. The van der Waals surface area contributed by atoms with Gasteiger partial charge in [-0.2, -0.15) is 0 Å². The highest BCUT2D eigenvalue weighted by Crippen LogP contribution is 2.02. The van der Waals surface area contributed by atoms with Crippen molar-refractivity contribution < 1.29 is 9.21 Å². The number of nitrogens with two attached hydrogens (primary N) is 1. The van der Waals surface area contributed by atoms with Gasteiger partial charge < -0.3 is 10.2 Å². The van der Waals surface area contributed by atoms with Crippen LogP contribution in [0.5, 0.6) is 0 Å². The Morgan fingerprint density at radius 2 is 2.45 bits per heavy atom. The van der Waals surface area contributed by atoms with Crippen molar-refractivity contribution >= 4 is 11.9 Å². The first-order valence-electron chi connectivity index (χ1n) is 3.02. The van der Waals surface area contributed by atoms with Crippen LogP contribution >= 0.6 is 0 Å². The Morgan fingerprint density at radius 3 is 2.91 bits per heavy atom. The lowest BCUT2D eigenvalue weighted by atomic mass is 10.6. The first kappa shape index (κ1) is 7.67. The molecule has 0 spiro atoms. The first-order valence-corrected chi connectivity index (χ1v) is 3.02. The fraction of sp³-hybridized carbons (Fsp3) is 0.400. The van der Waals surface area contributed by atoms with E-state index in [9.17, 15) is 4.79 Å². The molecule has 1 amide bonds. The smallest absolute Gasteiger partial charge is 0.322 e. The van der Waals surface area contributed by atoms with Crippen LogP contribution in [-0.2, 0) is 4.79 Å². The number of hydrogen-bond donors (Lipinski definition) is 2. The number of carbonyl (C=O) groups is 1. The fourth-order valence-electron chi connectivity index (χ4n) is 0.517. The summed E-state index contributed by atoms with van der Waals surface area (Å²) in [7, 11) is 0. The minimum Gasteiger partial charge on any atom is -0.408 e. The van der Waals surface area contributed by atoms with Gasteiger partial charge in [0.1, 0.15) is 0 Å². The minimum absolute atomic E-state index is 0.0814. The van der Waals surface area contributed by atoms with E-state index < -0.39 is 0 Å². The van der Waals surface area contributed by atoms with Crippen molar-refractivity contribution in [3.8, 4) is 0 Å². The summed E-state index contributed by atoms with van der Waals surface area (Å²) in [5.74, 6) is 0.0472. The zero-order valence-electron chi connectivity index (χ0n) is 6.00. The van der Waals surface area contributed by atoms with Gasteiger partial charge in [-0.05, 0) is 0 Å². The summed E-state index contributed by atoms with van der Waals surface area (Å²) in [5, 5.41) is 9.34. The van der Waals surface area contributed by atoms with Crippen LogP contribution in [0.25, 0.3) is 0 Å². The fourth-order valence-corrected chi connectivity index (χ4v) is 0.517. The monoisotopic (exact) mass is 156 g/mol. The summed E-state index contributed by atoms with van der Waals surface area (Å²) >= 11 is 0. The van der Waals surface area contributed by atoms with E-state index in [1.807, 2.05) is 0 Å². The molecule has 0 bridgehead atoms. The predicted octanol–water partition coefficient (Wildman–Crippen LogP) is -0.725. The molecular weight excluding hydrogens is 148 g/mol. The molecule has 1 aromatic rings. The molecule has 3 N–H and O–H groups in total. The van der Waals surface area contributed by atoms with Crippen molar-refractivity contribution in [3.05, 3.63) is 5.89 Å². The van der Waals surface area contributed by atoms with Crippen LogP contribution in [0.3, 0.4) is 0 Å². The van der Waals surface area contributed by atoms with E-state index in [4.69, 9.17) is 10.2 Å². The second kappa shape index (κ2) is 3.11. The van der Waals surface area contributed by atoms with Gasteiger partial charge in [-0.1, -0.05) is 5.10 Å². The summed E-state index contributed by atoms with van der Waals surface area (Å²) in [5.41, 5.74) is 5.02. The normalized spacial score (nSPS) is 9.64. The Balaban J connectivity index is 2.57. The second-order valence-electron chi connectivity index (χ2n) is 1.88. The standard InChI is InChI=1S/C5H8N4O2/c1-3-8-9-5(11-3)7-4(10)2-6/h2,6H2,1H3,(H,7,9,10). The van der Waals surface area contributed by atoms with Gasteiger partial charge in [-0.15, -0.1) is 5.10 Å². The molecule has 0 aromatic carbocycles. The molecule has 60 valence electrons. The number of anilines is 1. The summed E-state index contributed by atoms with van der Waals surface area (Å²) in [6.07, 6.45) is 0. The summed E-state index contributed by atoms with van der Waals surface area (Å²) in [6, 6.07) is 0.0814. The Labute approximate surface area is 62.8 Å². The summed E-state index contributed by atoms with van der Waals surface area (Å²) in [4.78, 5) is 10.6. The maximum atomic E-state index is 10.6. The molecule has 0 fully saturated rings. The minimum atomic E-state index is -0.353. The van der Waals surface area contributed by atoms with E-state index in [0.717, 1.165) is 0 Å². The molecule has 0 aliphatic heterocycles. The highest BCUT2D eigenvalue weighted by Gasteiger charge is 2.04. The number of aromatic nitrogens is 2. The van der Waals surface area contributed by atoms with Crippen LogP contribution in [-0.4, -0.2) is 22.6 Å². The molecule has 0 saturated carbocycles. The topological polar surface area (TPSA) is 94.0 Å². The van der Waals surface area contributed by atoms with Gasteiger partial charge in [-0.3, -0.25) is 10.1 Å². The van der Waals surface area contributed by atoms with Crippen LogP contribution < -0.4 is 11.1 Å². The van der Waals surface area contributed by atoms with Crippen LogP contribution in [0.4, 0.5) is 6.01 Å². The van der Waals surface area contributed by atoms with Crippen molar-refractivity contribution in [1.29, 1.82) is 0 Å². The van der Waals surface area contributed by atoms with Crippen LogP contribution in [0.1, 0.15) is 5.89 Å². The molecular formula is C5H8N4O2. The average molecular weight is 156 g/mol.